The van der Waals surface area contributed by atoms with E-state index in [1.54, 1.807) is 0 Å². The number of methoxy groups -OCH3 is 1. The standard InChI is InChI=1S/C17H21N3O3S/c1-23-16(21)14-13(11-20-7-9-24-10-8-20)18-17(22)19-15(14)12-5-3-2-4-6-12/h2-6,15H,7-11H2,1H3,(H2,18,19,22)/t15-/m0/s1. The largest absolute Gasteiger partial charge is 0.466 e. The summed E-state index contributed by atoms with van der Waals surface area (Å²) in [7, 11) is 1.36. The molecular weight excluding hydrogens is 326 g/mol. The molecule has 1 aromatic carbocycles. The molecule has 7 heteroatoms. The zero-order valence-electron chi connectivity index (χ0n) is 13.6. The Kier molecular flexibility index (Phi) is 5.42. The molecule has 0 spiro atoms. The van der Waals surface area contributed by atoms with Crippen molar-refractivity contribution in [2.45, 2.75) is 6.04 Å². The minimum Gasteiger partial charge on any atom is -0.466 e. The van der Waals surface area contributed by atoms with Crippen LogP contribution in [0.3, 0.4) is 0 Å². The number of rotatable bonds is 4. The number of carbonyl (C=O) groups is 2. The zero-order chi connectivity index (χ0) is 16.9. The number of thioether (sulfide) groups is 1. The van der Waals surface area contributed by atoms with Crippen molar-refractivity contribution >= 4 is 23.8 Å². The molecule has 1 saturated heterocycles. The molecule has 2 amide bonds. The number of esters is 1. The van der Waals surface area contributed by atoms with Gasteiger partial charge in [0.15, 0.2) is 0 Å². The Balaban J connectivity index is 1.96. The predicted molar refractivity (Wildman–Crippen MR) is 93.7 cm³/mol. The van der Waals surface area contributed by atoms with E-state index < -0.39 is 12.0 Å². The lowest BCUT2D eigenvalue weighted by Crippen LogP contribution is -2.49. The molecule has 1 atom stereocenters. The third-order valence-electron chi connectivity index (χ3n) is 4.18. The summed E-state index contributed by atoms with van der Waals surface area (Å²) in [5, 5.41) is 5.64. The highest BCUT2D eigenvalue weighted by Gasteiger charge is 2.34. The van der Waals surface area contributed by atoms with Gasteiger partial charge in [0.1, 0.15) is 0 Å². The van der Waals surface area contributed by atoms with E-state index >= 15 is 0 Å². The molecule has 24 heavy (non-hydrogen) atoms. The van der Waals surface area contributed by atoms with Gasteiger partial charge >= 0.3 is 12.0 Å². The number of hydrogen-bond acceptors (Lipinski definition) is 5. The maximum Gasteiger partial charge on any atom is 0.338 e. The molecule has 128 valence electrons. The summed E-state index contributed by atoms with van der Waals surface area (Å²) in [4.78, 5) is 26.8. The van der Waals surface area contributed by atoms with Crippen LogP contribution < -0.4 is 10.6 Å². The fourth-order valence-corrected chi connectivity index (χ4v) is 3.95. The van der Waals surface area contributed by atoms with Crippen LogP contribution in [0.5, 0.6) is 0 Å². The first-order valence-corrected chi connectivity index (χ1v) is 9.08. The van der Waals surface area contributed by atoms with Crippen molar-refractivity contribution in [1.82, 2.24) is 15.5 Å². The van der Waals surface area contributed by atoms with Gasteiger partial charge in [0.25, 0.3) is 0 Å². The molecule has 6 nitrogen and oxygen atoms in total. The minimum absolute atomic E-state index is 0.294. The predicted octanol–water partition coefficient (Wildman–Crippen LogP) is 1.52. The number of ether oxygens (including phenoxy) is 1. The van der Waals surface area contributed by atoms with Gasteiger partial charge in [-0.3, -0.25) is 4.90 Å². The Labute approximate surface area is 145 Å². The van der Waals surface area contributed by atoms with E-state index in [1.807, 2.05) is 42.1 Å². The van der Waals surface area contributed by atoms with E-state index in [4.69, 9.17) is 4.74 Å². The summed E-state index contributed by atoms with van der Waals surface area (Å²) in [5.74, 6) is 1.71. The summed E-state index contributed by atoms with van der Waals surface area (Å²) in [6, 6.07) is 8.68. The molecule has 1 fully saturated rings. The molecule has 2 aliphatic rings. The fraction of sp³-hybridized carbons (Fsp3) is 0.412. The number of amides is 2. The summed E-state index contributed by atoms with van der Waals surface area (Å²) in [6.45, 7) is 2.44. The maximum absolute atomic E-state index is 12.4. The SMILES string of the molecule is COC(=O)C1=C(CN2CCSCC2)NC(=O)N[C@H]1c1ccccc1. The summed E-state index contributed by atoms with van der Waals surface area (Å²) in [5.41, 5.74) is 1.97. The van der Waals surface area contributed by atoms with Crippen molar-refractivity contribution in [2.24, 2.45) is 0 Å². The summed E-state index contributed by atoms with van der Waals surface area (Å²) in [6.07, 6.45) is 0. The van der Waals surface area contributed by atoms with Crippen LogP contribution in [0.25, 0.3) is 0 Å². The van der Waals surface area contributed by atoms with Gasteiger partial charge in [-0.25, -0.2) is 9.59 Å². The molecule has 2 N–H and O–H groups in total. The Morgan fingerprint density at radius 1 is 1.29 bits per heavy atom. The van der Waals surface area contributed by atoms with Crippen LogP contribution >= 0.6 is 11.8 Å². The van der Waals surface area contributed by atoms with E-state index in [2.05, 4.69) is 15.5 Å². The van der Waals surface area contributed by atoms with Gasteiger partial charge in [-0.1, -0.05) is 30.3 Å². The van der Waals surface area contributed by atoms with Crippen molar-refractivity contribution < 1.29 is 14.3 Å². The van der Waals surface area contributed by atoms with Crippen molar-refractivity contribution in [3.05, 3.63) is 47.2 Å². The average Bonchev–Trinajstić information content (AvgIpc) is 2.62. The van der Waals surface area contributed by atoms with Gasteiger partial charge in [0.2, 0.25) is 0 Å². The Bertz CT molecular complexity index is 642. The number of urea groups is 1. The highest BCUT2D eigenvalue weighted by Crippen LogP contribution is 2.28. The van der Waals surface area contributed by atoms with Crippen LogP contribution in [0.1, 0.15) is 11.6 Å². The molecule has 0 bridgehead atoms. The number of benzene rings is 1. The van der Waals surface area contributed by atoms with Crippen LogP contribution in [-0.4, -0.2) is 55.2 Å². The first kappa shape index (κ1) is 16.9. The normalized spacial score (nSPS) is 21.9. The Hall–Kier alpha value is -1.99. The molecular formula is C17H21N3O3S. The second-order valence-electron chi connectivity index (χ2n) is 5.71. The average molecular weight is 347 g/mol. The molecule has 0 aliphatic carbocycles. The van der Waals surface area contributed by atoms with Crippen molar-refractivity contribution in [1.29, 1.82) is 0 Å². The zero-order valence-corrected chi connectivity index (χ0v) is 14.4. The highest BCUT2D eigenvalue weighted by molar-refractivity contribution is 7.99. The monoisotopic (exact) mass is 347 g/mol. The molecule has 0 aromatic heterocycles. The van der Waals surface area contributed by atoms with Crippen LogP contribution in [0, 0.1) is 0 Å². The number of hydrogen-bond donors (Lipinski definition) is 2. The molecule has 3 rings (SSSR count). The van der Waals surface area contributed by atoms with Crippen LogP contribution in [-0.2, 0) is 9.53 Å². The van der Waals surface area contributed by atoms with Crippen LogP contribution in [0.2, 0.25) is 0 Å². The lowest BCUT2D eigenvalue weighted by atomic mass is 9.95. The van der Waals surface area contributed by atoms with Gasteiger partial charge in [-0.2, -0.15) is 11.8 Å². The van der Waals surface area contributed by atoms with Crippen molar-refractivity contribution in [2.75, 3.05) is 38.2 Å². The lowest BCUT2D eigenvalue weighted by molar-refractivity contribution is -0.136. The van der Waals surface area contributed by atoms with E-state index in [9.17, 15) is 9.59 Å². The molecule has 0 saturated carbocycles. The van der Waals surface area contributed by atoms with E-state index in [0.29, 0.717) is 17.8 Å². The third-order valence-corrected chi connectivity index (χ3v) is 5.12. The van der Waals surface area contributed by atoms with Crippen LogP contribution in [0.4, 0.5) is 4.79 Å². The lowest BCUT2D eigenvalue weighted by Gasteiger charge is -2.33. The summed E-state index contributed by atoms with van der Waals surface area (Å²) >= 11 is 1.92. The smallest absolute Gasteiger partial charge is 0.338 e. The molecule has 2 aliphatic heterocycles. The number of nitrogens with one attached hydrogen (secondary N) is 2. The van der Waals surface area contributed by atoms with Gasteiger partial charge in [-0.05, 0) is 5.56 Å². The number of carbonyl (C=O) groups excluding carboxylic acids is 2. The number of nitrogens with zero attached hydrogens (tertiary/aromatic N) is 1. The fourth-order valence-electron chi connectivity index (χ4n) is 2.97. The minimum atomic E-state index is -0.499. The van der Waals surface area contributed by atoms with Crippen molar-refractivity contribution in [3.63, 3.8) is 0 Å². The first-order chi connectivity index (χ1) is 11.7. The Morgan fingerprint density at radius 2 is 2.00 bits per heavy atom. The van der Waals surface area contributed by atoms with Crippen LogP contribution in [0.15, 0.2) is 41.6 Å². The van der Waals surface area contributed by atoms with Gasteiger partial charge in [0.05, 0.1) is 18.7 Å². The Morgan fingerprint density at radius 3 is 2.67 bits per heavy atom. The summed E-state index contributed by atoms with van der Waals surface area (Å²) < 4.78 is 4.99. The van der Waals surface area contributed by atoms with E-state index in [1.165, 1.54) is 7.11 Å². The van der Waals surface area contributed by atoms with Gasteiger partial charge in [0, 0.05) is 36.8 Å². The third kappa shape index (κ3) is 3.73. The second kappa shape index (κ2) is 7.72. The van der Waals surface area contributed by atoms with Gasteiger partial charge < -0.3 is 15.4 Å². The molecule has 1 aromatic rings. The maximum atomic E-state index is 12.4. The molecule has 0 radical (unpaired) electrons. The van der Waals surface area contributed by atoms with Gasteiger partial charge in [-0.15, -0.1) is 0 Å². The first-order valence-electron chi connectivity index (χ1n) is 7.93. The topological polar surface area (TPSA) is 70.7 Å². The highest BCUT2D eigenvalue weighted by atomic mass is 32.2. The second-order valence-corrected chi connectivity index (χ2v) is 6.94. The quantitative estimate of drug-likeness (QED) is 0.808. The van der Waals surface area contributed by atoms with E-state index in [0.717, 1.165) is 30.2 Å². The van der Waals surface area contributed by atoms with Crippen molar-refractivity contribution in [3.8, 4) is 0 Å². The molecule has 0 unspecified atom stereocenters. The molecule has 2 heterocycles. The van der Waals surface area contributed by atoms with E-state index in [-0.39, 0.29) is 6.03 Å².